The molecule has 1 aliphatic rings. The molecule has 0 heterocycles. The minimum absolute atomic E-state index is 0.195. The van der Waals surface area contributed by atoms with Gasteiger partial charge in [-0.2, -0.15) is 0 Å². The Morgan fingerprint density at radius 2 is 2.14 bits per heavy atom. The second-order valence-corrected chi connectivity index (χ2v) is 4.43. The summed E-state index contributed by atoms with van der Waals surface area (Å²) in [6, 6.07) is 6.12. The van der Waals surface area contributed by atoms with E-state index in [0.29, 0.717) is 5.92 Å². The first kappa shape index (κ1) is 9.85. The topological polar surface area (TPSA) is 9.23 Å². The fourth-order valence-corrected chi connectivity index (χ4v) is 2.22. The molecule has 1 aliphatic carbocycles. The number of benzene rings is 1. The second kappa shape index (κ2) is 3.82. The highest BCUT2D eigenvalue weighted by Crippen LogP contribution is 2.46. The van der Waals surface area contributed by atoms with E-state index < -0.39 is 0 Å². The molecular weight excluding hydrogens is 196 g/mol. The van der Waals surface area contributed by atoms with E-state index in [-0.39, 0.29) is 5.38 Å². The van der Waals surface area contributed by atoms with E-state index >= 15 is 0 Å². The quantitative estimate of drug-likeness (QED) is 0.692. The third kappa shape index (κ3) is 1.88. The molecule has 1 saturated carbocycles. The van der Waals surface area contributed by atoms with Gasteiger partial charge in [-0.25, -0.2) is 0 Å². The Bertz CT molecular complexity index is 331. The van der Waals surface area contributed by atoms with Crippen molar-refractivity contribution in [2.75, 3.05) is 7.11 Å². The van der Waals surface area contributed by atoms with Gasteiger partial charge in [0.15, 0.2) is 0 Å². The van der Waals surface area contributed by atoms with Crippen LogP contribution in [0.4, 0.5) is 0 Å². The van der Waals surface area contributed by atoms with E-state index in [0.717, 1.165) is 5.75 Å². The van der Waals surface area contributed by atoms with Crippen LogP contribution in [0.3, 0.4) is 0 Å². The highest BCUT2D eigenvalue weighted by atomic mass is 35.5. The molecule has 0 N–H and O–H groups in total. The van der Waals surface area contributed by atoms with Gasteiger partial charge in [0, 0.05) is 0 Å². The molecule has 1 aromatic rings. The van der Waals surface area contributed by atoms with Gasteiger partial charge in [-0.1, -0.05) is 6.07 Å². The molecule has 1 unspecified atom stereocenters. The number of aryl methyl sites for hydroxylation is 1. The van der Waals surface area contributed by atoms with Crippen molar-refractivity contribution in [1.82, 2.24) is 0 Å². The maximum absolute atomic E-state index is 6.36. The van der Waals surface area contributed by atoms with Crippen LogP contribution in [-0.4, -0.2) is 7.11 Å². The van der Waals surface area contributed by atoms with Crippen molar-refractivity contribution < 1.29 is 4.74 Å². The third-order valence-electron chi connectivity index (χ3n) is 2.81. The molecule has 0 aromatic heterocycles. The fourth-order valence-electron chi connectivity index (χ4n) is 1.73. The summed E-state index contributed by atoms with van der Waals surface area (Å²) in [5.41, 5.74) is 2.49. The van der Waals surface area contributed by atoms with Gasteiger partial charge < -0.3 is 4.74 Å². The number of alkyl halides is 1. The van der Waals surface area contributed by atoms with E-state index in [1.165, 1.54) is 24.0 Å². The molecule has 1 fully saturated rings. The third-order valence-corrected chi connectivity index (χ3v) is 3.40. The zero-order valence-corrected chi connectivity index (χ0v) is 9.34. The lowest BCUT2D eigenvalue weighted by molar-refractivity contribution is 0.414. The summed E-state index contributed by atoms with van der Waals surface area (Å²) in [5, 5.41) is 0.195. The van der Waals surface area contributed by atoms with Gasteiger partial charge in [-0.15, -0.1) is 11.6 Å². The molecule has 1 atom stereocenters. The molecule has 1 nitrogen and oxygen atoms in total. The number of rotatable bonds is 3. The predicted molar refractivity (Wildman–Crippen MR) is 59.0 cm³/mol. The summed E-state index contributed by atoms with van der Waals surface area (Å²) in [7, 11) is 1.69. The van der Waals surface area contributed by atoms with Gasteiger partial charge in [-0.3, -0.25) is 0 Å². The first-order valence-electron chi connectivity index (χ1n) is 5.01. The van der Waals surface area contributed by atoms with Crippen LogP contribution in [0.1, 0.15) is 29.3 Å². The molecule has 2 heteroatoms. The highest BCUT2D eigenvalue weighted by molar-refractivity contribution is 6.21. The van der Waals surface area contributed by atoms with Crippen LogP contribution in [0.2, 0.25) is 0 Å². The number of ether oxygens (including phenoxy) is 1. The Kier molecular flexibility index (Phi) is 2.69. The smallest absolute Gasteiger partial charge is 0.119 e. The lowest BCUT2D eigenvalue weighted by Crippen LogP contribution is -1.96. The summed E-state index contributed by atoms with van der Waals surface area (Å²) in [4.78, 5) is 0. The first-order chi connectivity index (χ1) is 6.72. The van der Waals surface area contributed by atoms with Crippen LogP contribution in [0.5, 0.6) is 5.75 Å². The average molecular weight is 211 g/mol. The average Bonchev–Trinajstić information content (AvgIpc) is 3.00. The van der Waals surface area contributed by atoms with Gasteiger partial charge >= 0.3 is 0 Å². The largest absolute Gasteiger partial charge is 0.497 e. The van der Waals surface area contributed by atoms with Gasteiger partial charge in [0.25, 0.3) is 0 Å². The maximum atomic E-state index is 6.36. The van der Waals surface area contributed by atoms with Crippen molar-refractivity contribution in [2.45, 2.75) is 25.1 Å². The Morgan fingerprint density at radius 1 is 1.43 bits per heavy atom. The summed E-state index contributed by atoms with van der Waals surface area (Å²) in [6.07, 6.45) is 2.55. The predicted octanol–water partition coefficient (Wildman–Crippen LogP) is 3.69. The molecule has 2 rings (SSSR count). The van der Waals surface area contributed by atoms with Crippen LogP contribution in [0.25, 0.3) is 0 Å². The Morgan fingerprint density at radius 3 is 2.64 bits per heavy atom. The van der Waals surface area contributed by atoms with Crippen molar-refractivity contribution in [2.24, 2.45) is 5.92 Å². The normalized spacial score (nSPS) is 17.9. The summed E-state index contributed by atoms with van der Waals surface area (Å²) in [6.45, 7) is 2.09. The highest BCUT2D eigenvalue weighted by Gasteiger charge is 2.31. The van der Waals surface area contributed by atoms with Gasteiger partial charge in [0.2, 0.25) is 0 Å². The molecule has 0 spiro atoms. The zero-order valence-electron chi connectivity index (χ0n) is 8.59. The lowest BCUT2D eigenvalue weighted by Gasteiger charge is -2.12. The second-order valence-electron chi connectivity index (χ2n) is 3.96. The van der Waals surface area contributed by atoms with Gasteiger partial charge in [0.1, 0.15) is 5.75 Å². The van der Waals surface area contributed by atoms with Crippen LogP contribution < -0.4 is 4.74 Å². The summed E-state index contributed by atoms with van der Waals surface area (Å²) < 4.78 is 5.16. The molecule has 0 bridgehead atoms. The van der Waals surface area contributed by atoms with Crippen molar-refractivity contribution in [3.8, 4) is 5.75 Å². The Hall–Kier alpha value is -0.690. The lowest BCUT2D eigenvalue weighted by atomic mass is 10.0. The minimum Gasteiger partial charge on any atom is -0.497 e. The van der Waals surface area contributed by atoms with Crippen molar-refractivity contribution in [1.29, 1.82) is 0 Å². The van der Waals surface area contributed by atoms with Crippen LogP contribution in [0, 0.1) is 12.8 Å². The minimum atomic E-state index is 0.195. The fraction of sp³-hybridized carbons (Fsp3) is 0.500. The number of halogens is 1. The summed E-state index contributed by atoms with van der Waals surface area (Å²) >= 11 is 6.36. The summed E-state index contributed by atoms with van der Waals surface area (Å²) in [5.74, 6) is 1.61. The Balaban J connectivity index is 2.24. The van der Waals surface area contributed by atoms with Crippen LogP contribution in [0.15, 0.2) is 18.2 Å². The van der Waals surface area contributed by atoms with Gasteiger partial charge in [-0.05, 0) is 48.9 Å². The molecule has 76 valence electrons. The van der Waals surface area contributed by atoms with Gasteiger partial charge in [0.05, 0.1) is 12.5 Å². The molecule has 14 heavy (non-hydrogen) atoms. The van der Waals surface area contributed by atoms with Crippen LogP contribution >= 0.6 is 11.6 Å². The first-order valence-corrected chi connectivity index (χ1v) is 5.44. The molecular formula is C12H15ClO. The monoisotopic (exact) mass is 210 g/mol. The van der Waals surface area contributed by atoms with Crippen molar-refractivity contribution >= 4 is 11.6 Å². The van der Waals surface area contributed by atoms with E-state index in [1.807, 2.05) is 12.1 Å². The number of hydrogen-bond donors (Lipinski definition) is 0. The molecule has 0 radical (unpaired) electrons. The number of methoxy groups -OCH3 is 1. The van der Waals surface area contributed by atoms with Crippen molar-refractivity contribution in [3.63, 3.8) is 0 Å². The van der Waals surface area contributed by atoms with Crippen LogP contribution in [-0.2, 0) is 0 Å². The Labute approximate surface area is 90.0 Å². The standard InChI is InChI=1S/C12H15ClO/c1-8-7-10(14-2)5-6-11(8)12(13)9-3-4-9/h5-7,9,12H,3-4H2,1-2H3. The molecule has 0 aliphatic heterocycles. The molecule has 0 saturated heterocycles. The van der Waals surface area contributed by atoms with E-state index in [2.05, 4.69) is 13.0 Å². The zero-order chi connectivity index (χ0) is 10.1. The number of hydrogen-bond acceptors (Lipinski definition) is 1. The maximum Gasteiger partial charge on any atom is 0.119 e. The van der Waals surface area contributed by atoms with E-state index in [4.69, 9.17) is 16.3 Å². The van der Waals surface area contributed by atoms with Crippen molar-refractivity contribution in [3.05, 3.63) is 29.3 Å². The van der Waals surface area contributed by atoms with E-state index in [9.17, 15) is 0 Å². The molecule has 1 aromatic carbocycles. The molecule has 0 amide bonds. The van der Waals surface area contributed by atoms with E-state index in [1.54, 1.807) is 7.11 Å². The SMILES string of the molecule is COc1ccc(C(Cl)C2CC2)c(C)c1.